The molecule has 2 aromatic carbocycles. The van der Waals surface area contributed by atoms with Crippen molar-refractivity contribution in [3.05, 3.63) is 64.3 Å². The molecule has 0 amide bonds. The summed E-state index contributed by atoms with van der Waals surface area (Å²) in [4.78, 5) is 5.10. The first-order valence-corrected chi connectivity index (χ1v) is 9.50. The molecule has 0 N–H and O–H groups in total. The van der Waals surface area contributed by atoms with Crippen molar-refractivity contribution in [1.29, 1.82) is 0 Å². The van der Waals surface area contributed by atoms with Gasteiger partial charge in [0.15, 0.2) is 17.3 Å². The summed E-state index contributed by atoms with van der Waals surface area (Å²) in [7, 11) is 4.97. The number of ether oxygens (including phenoxy) is 2. The van der Waals surface area contributed by atoms with E-state index in [1.54, 1.807) is 32.2 Å². The van der Waals surface area contributed by atoms with Crippen LogP contribution in [-0.4, -0.2) is 32.2 Å². The maximum absolute atomic E-state index is 6.01. The molecule has 0 saturated heterocycles. The van der Waals surface area contributed by atoms with Crippen molar-refractivity contribution in [2.75, 3.05) is 21.3 Å². The van der Waals surface area contributed by atoms with Crippen molar-refractivity contribution in [3.8, 4) is 23.0 Å². The van der Waals surface area contributed by atoms with E-state index >= 15 is 0 Å². The van der Waals surface area contributed by atoms with E-state index in [0.717, 1.165) is 32.8 Å². The summed E-state index contributed by atoms with van der Waals surface area (Å²) in [5, 5.41) is 7.68. The van der Waals surface area contributed by atoms with Crippen molar-refractivity contribution in [2.45, 2.75) is 0 Å². The van der Waals surface area contributed by atoms with E-state index in [1.165, 1.54) is 11.3 Å². The fourth-order valence-corrected chi connectivity index (χ4v) is 3.68. The molecule has 0 atom stereocenters. The summed E-state index contributed by atoms with van der Waals surface area (Å²) in [6.45, 7) is 0. The lowest BCUT2D eigenvalue weighted by molar-refractivity contribution is 0.355. The zero-order valence-corrected chi connectivity index (χ0v) is 16.6. The lowest BCUT2D eigenvalue weighted by Crippen LogP contribution is -2.11. The number of para-hydroxylation sites is 1. The maximum atomic E-state index is 6.01. The Balaban J connectivity index is 1.76. The van der Waals surface area contributed by atoms with E-state index in [1.807, 2.05) is 53.9 Å². The van der Waals surface area contributed by atoms with Crippen molar-refractivity contribution >= 4 is 28.5 Å². The largest absolute Gasteiger partial charge is 0.493 e. The summed E-state index contributed by atoms with van der Waals surface area (Å²) in [6.07, 6.45) is 1.76. The Bertz CT molecular complexity index is 1180. The second-order valence-corrected chi connectivity index (χ2v) is 6.78. The molecule has 2 aromatic heterocycles. The van der Waals surface area contributed by atoms with E-state index in [9.17, 15) is 0 Å². The van der Waals surface area contributed by atoms with E-state index in [2.05, 4.69) is 10.1 Å². The van der Waals surface area contributed by atoms with Crippen LogP contribution in [0.1, 0.15) is 5.56 Å². The number of nitrogens with zero attached hydrogens (tertiary/aromatic N) is 3. The van der Waals surface area contributed by atoms with Gasteiger partial charge in [-0.2, -0.15) is 5.10 Å². The molecule has 0 aliphatic rings. The zero-order chi connectivity index (χ0) is 19.5. The predicted molar refractivity (Wildman–Crippen MR) is 112 cm³/mol. The Morgan fingerprint density at radius 2 is 1.86 bits per heavy atom. The van der Waals surface area contributed by atoms with Crippen molar-refractivity contribution in [3.63, 3.8) is 0 Å². The predicted octanol–water partition coefficient (Wildman–Crippen LogP) is 4.39. The number of methoxy groups -OCH3 is 2. The van der Waals surface area contributed by atoms with Crippen LogP contribution in [0, 0.1) is 0 Å². The Hall–Kier alpha value is -3.32. The van der Waals surface area contributed by atoms with Gasteiger partial charge in [-0.05, 0) is 35.9 Å². The minimum absolute atomic E-state index is 0.652. The summed E-state index contributed by atoms with van der Waals surface area (Å²) in [5.74, 6) is 2.08. The van der Waals surface area contributed by atoms with Gasteiger partial charge in [0.1, 0.15) is 11.3 Å². The van der Waals surface area contributed by atoms with E-state index in [4.69, 9.17) is 13.9 Å². The first-order chi connectivity index (χ1) is 13.7. The molecule has 0 aliphatic heterocycles. The van der Waals surface area contributed by atoms with Gasteiger partial charge in [-0.3, -0.25) is 4.99 Å². The van der Waals surface area contributed by atoms with Gasteiger partial charge in [-0.25, -0.2) is 4.68 Å². The summed E-state index contributed by atoms with van der Waals surface area (Å²) in [6, 6.07) is 15.6. The van der Waals surface area contributed by atoms with Gasteiger partial charge in [0.25, 0.3) is 0 Å². The number of benzene rings is 2. The number of fused-ring (bicyclic) bond motifs is 1. The molecule has 28 heavy (non-hydrogen) atoms. The van der Waals surface area contributed by atoms with Crippen LogP contribution in [-0.2, 0) is 0 Å². The lowest BCUT2D eigenvalue weighted by Gasteiger charge is -2.07. The van der Waals surface area contributed by atoms with Gasteiger partial charge in [0.05, 0.1) is 20.4 Å². The maximum Gasteiger partial charge on any atom is 0.206 e. The van der Waals surface area contributed by atoms with Crippen molar-refractivity contribution < 1.29 is 13.9 Å². The molecular formula is C21H19N3O3S. The van der Waals surface area contributed by atoms with Crippen molar-refractivity contribution in [1.82, 2.24) is 4.68 Å². The smallest absolute Gasteiger partial charge is 0.206 e. The number of hydrogen-bond acceptors (Lipinski definition) is 6. The van der Waals surface area contributed by atoms with Crippen LogP contribution >= 0.6 is 11.3 Å². The molecule has 7 heteroatoms. The SMILES string of the molecule is CN=c1scc(-c2cc3ccccc3o2)n1N=Cc1ccc(OC)c(OC)c1. The second kappa shape index (κ2) is 7.74. The normalized spacial score (nSPS) is 12.2. The second-order valence-electron chi connectivity index (χ2n) is 5.95. The van der Waals surface area contributed by atoms with Crippen LogP contribution in [0.25, 0.3) is 22.4 Å². The third-order valence-corrected chi connectivity index (χ3v) is 5.19. The number of furan rings is 1. The molecule has 0 bridgehead atoms. The van der Waals surface area contributed by atoms with Crippen LogP contribution in [0.4, 0.5) is 0 Å². The Kier molecular flexibility index (Phi) is 4.99. The topological polar surface area (TPSA) is 61.2 Å². The van der Waals surface area contributed by atoms with Gasteiger partial charge < -0.3 is 13.9 Å². The highest BCUT2D eigenvalue weighted by Crippen LogP contribution is 2.29. The zero-order valence-electron chi connectivity index (χ0n) is 15.7. The van der Waals surface area contributed by atoms with Crippen LogP contribution in [0.2, 0.25) is 0 Å². The highest BCUT2D eigenvalue weighted by atomic mass is 32.1. The number of aromatic nitrogens is 1. The first kappa shape index (κ1) is 18.1. The fourth-order valence-electron chi connectivity index (χ4n) is 2.90. The summed E-state index contributed by atoms with van der Waals surface area (Å²) < 4.78 is 18.4. The molecule has 0 fully saturated rings. The first-order valence-electron chi connectivity index (χ1n) is 8.62. The Morgan fingerprint density at radius 1 is 1.04 bits per heavy atom. The molecule has 6 nitrogen and oxygen atoms in total. The van der Waals surface area contributed by atoms with E-state index in [0.29, 0.717) is 11.5 Å². The average Bonchev–Trinajstić information content (AvgIpc) is 3.35. The fraction of sp³-hybridized carbons (Fsp3) is 0.143. The molecule has 142 valence electrons. The minimum atomic E-state index is 0.652. The van der Waals surface area contributed by atoms with Gasteiger partial charge in [-0.15, -0.1) is 11.3 Å². The third kappa shape index (κ3) is 3.32. The van der Waals surface area contributed by atoms with Crippen LogP contribution in [0.3, 0.4) is 0 Å². The van der Waals surface area contributed by atoms with Crippen LogP contribution < -0.4 is 14.3 Å². The monoisotopic (exact) mass is 393 g/mol. The minimum Gasteiger partial charge on any atom is -0.493 e. The van der Waals surface area contributed by atoms with E-state index < -0.39 is 0 Å². The highest BCUT2D eigenvalue weighted by Gasteiger charge is 2.12. The lowest BCUT2D eigenvalue weighted by atomic mass is 10.2. The third-order valence-electron chi connectivity index (χ3n) is 4.28. The van der Waals surface area contributed by atoms with Crippen LogP contribution in [0.5, 0.6) is 11.5 Å². The molecular weight excluding hydrogens is 374 g/mol. The number of hydrogen-bond donors (Lipinski definition) is 0. The Labute approximate surface area is 166 Å². The molecule has 0 saturated carbocycles. The molecule has 4 aromatic rings. The molecule has 0 aliphatic carbocycles. The number of thiazole rings is 1. The van der Waals surface area contributed by atoms with Crippen LogP contribution in [0.15, 0.2) is 68.4 Å². The molecule has 2 heterocycles. The van der Waals surface area contributed by atoms with Gasteiger partial charge >= 0.3 is 0 Å². The highest BCUT2D eigenvalue weighted by molar-refractivity contribution is 7.07. The quantitative estimate of drug-likeness (QED) is 0.472. The molecule has 0 unspecified atom stereocenters. The molecule has 0 radical (unpaired) electrons. The van der Waals surface area contributed by atoms with Gasteiger partial charge in [-0.1, -0.05) is 18.2 Å². The average molecular weight is 393 g/mol. The Morgan fingerprint density at radius 3 is 2.61 bits per heavy atom. The van der Waals surface area contributed by atoms with Gasteiger partial charge in [0.2, 0.25) is 4.80 Å². The molecule has 4 rings (SSSR count). The van der Waals surface area contributed by atoms with E-state index in [-0.39, 0.29) is 0 Å². The molecule has 0 spiro atoms. The van der Waals surface area contributed by atoms with Gasteiger partial charge in [0, 0.05) is 17.8 Å². The number of rotatable bonds is 5. The summed E-state index contributed by atoms with van der Waals surface area (Å²) >= 11 is 1.51. The van der Waals surface area contributed by atoms with Crippen molar-refractivity contribution in [2.24, 2.45) is 10.1 Å². The summed E-state index contributed by atoms with van der Waals surface area (Å²) in [5.41, 5.74) is 2.57. The standard InChI is InChI=1S/C21H19N3O3S/c1-22-21-24(23-12-14-8-9-18(25-2)20(10-14)26-3)16(13-28-21)19-11-15-6-4-5-7-17(15)27-19/h4-13H,1-3H3.